The zero-order chi connectivity index (χ0) is 15.1. The summed E-state index contributed by atoms with van der Waals surface area (Å²) in [5.41, 5.74) is 0. The molecule has 0 aromatic heterocycles. The molecule has 0 aliphatic heterocycles. The van der Waals surface area contributed by atoms with Crippen LogP contribution in [-0.2, 0) is 9.59 Å². The number of hydrogen-bond donors (Lipinski definition) is 3. The summed E-state index contributed by atoms with van der Waals surface area (Å²) in [6.07, 6.45) is 1.88. The van der Waals surface area contributed by atoms with E-state index < -0.39 is 17.9 Å². The van der Waals surface area contributed by atoms with Crippen molar-refractivity contribution in [3.8, 4) is 0 Å². The Morgan fingerprint density at radius 2 is 1.80 bits per heavy atom. The van der Waals surface area contributed by atoms with Crippen molar-refractivity contribution in [3.05, 3.63) is 0 Å². The quantitative estimate of drug-likeness (QED) is 0.525. The molecule has 1 aliphatic rings. The van der Waals surface area contributed by atoms with Crippen molar-refractivity contribution in [2.45, 2.75) is 18.9 Å². The van der Waals surface area contributed by atoms with Crippen LogP contribution in [0.1, 0.15) is 12.8 Å². The van der Waals surface area contributed by atoms with Gasteiger partial charge in [-0.05, 0) is 26.9 Å². The summed E-state index contributed by atoms with van der Waals surface area (Å²) in [5.74, 6) is -1.50. The van der Waals surface area contributed by atoms with E-state index in [2.05, 4.69) is 10.6 Å². The van der Waals surface area contributed by atoms with E-state index in [-0.39, 0.29) is 19.1 Å². The number of carbonyl (C=O) groups excluding carboxylic acids is 2. The highest BCUT2D eigenvalue weighted by Crippen LogP contribution is 2.18. The van der Waals surface area contributed by atoms with E-state index in [4.69, 9.17) is 5.11 Å². The first-order chi connectivity index (χ1) is 9.36. The van der Waals surface area contributed by atoms with Gasteiger partial charge in [-0.1, -0.05) is 0 Å². The molecule has 0 atom stereocenters. The molecule has 0 aromatic rings. The van der Waals surface area contributed by atoms with E-state index in [1.54, 1.807) is 0 Å². The van der Waals surface area contributed by atoms with E-state index in [1.165, 1.54) is 4.90 Å². The number of imide groups is 1. The van der Waals surface area contributed by atoms with Gasteiger partial charge in [-0.25, -0.2) is 4.79 Å². The van der Waals surface area contributed by atoms with Gasteiger partial charge in [-0.2, -0.15) is 0 Å². The second-order valence-corrected chi connectivity index (χ2v) is 5.20. The fraction of sp³-hybridized carbons (Fsp3) is 0.750. The van der Waals surface area contributed by atoms with Crippen molar-refractivity contribution < 1.29 is 19.5 Å². The zero-order valence-corrected chi connectivity index (χ0v) is 11.9. The number of carbonyl (C=O) groups is 3. The minimum atomic E-state index is -1.00. The number of carboxylic acid groups (broad SMARTS) is 1. The predicted molar refractivity (Wildman–Crippen MR) is 72.3 cm³/mol. The minimum absolute atomic E-state index is 0.113. The number of nitrogens with zero attached hydrogens (tertiary/aromatic N) is 2. The second kappa shape index (κ2) is 7.81. The van der Waals surface area contributed by atoms with Gasteiger partial charge in [0.2, 0.25) is 5.91 Å². The fourth-order valence-electron chi connectivity index (χ4n) is 1.57. The van der Waals surface area contributed by atoms with Crippen LogP contribution >= 0.6 is 0 Å². The average molecular weight is 286 g/mol. The van der Waals surface area contributed by atoms with Crippen molar-refractivity contribution in [2.24, 2.45) is 0 Å². The molecule has 8 nitrogen and oxygen atoms in total. The standard InChI is InChI=1S/C12H22N4O4/c1-15(2)5-6-16(8-11(18)19)7-10(17)14-12(20)13-9-3-4-9/h9H,3-8H2,1-2H3,(H,18,19)(H2,13,14,17,20). The van der Waals surface area contributed by atoms with Crippen LogP contribution in [0.15, 0.2) is 0 Å². The molecule has 0 heterocycles. The van der Waals surface area contributed by atoms with Gasteiger partial charge in [0.15, 0.2) is 0 Å². The van der Waals surface area contributed by atoms with Crippen LogP contribution in [0.3, 0.4) is 0 Å². The van der Waals surface area contributed by atoms with E-state index in [1.807, 2.05) is 19.0 Å². The van der Waals surface area contributed by atoms with Crippen LogP contribution in [-0.4, -0.2) is 79.1 Å². The first kappa shape index (κ1) is 16.4. The Hall–Kier alpha value is -1.67. The Kier molecular flexibility index (Phi) is 6.40. The number of urea groups is 1. The van der Waals surface area contributed by atoms with Gasteiger partial charge in [-0.3, -0.25) is 19.8 Å². The number of nitrogens with one attached hydrogen (secondary N) is 2. The Balaban J connectivity index is 2.34. The van der Waals surface area contributed by atoms with E-state index in [0.29, 0.717) is 13.1 Å². The van der Waals surface area contributed by atoms with Gasteiger partial charge < -0.3 is 15.3 Å². The van der Waals surface area contributed by atoms with Crippen molar-refractivity contribution >= 4 is 17.9 Å². The lowest BCUT2D eigenvalue weighted by Crippen LogP contribution is -2.47. The SMILES string of the molecule is CN(C)CCN(CC(=O)O)CC(=O)NC(=O)NC1CC1. The Bertz CT molecular complexity index is 368. The predicted octanol–water partition coefficient (Wildman–Crippen LogP) is -1.08. The maximum atomic E-state index is 11.7. The summed E-state index contributed by atoms with van der Waals surface area (Å²) < 4.78 is 0. The molecule has 0 bridgehead atoms. The van der Waals surface area contributed by atoms with Gasteiger partial charge in [0, 0.05) is 19.1 Å². The topological polar surface area (TPSA) is 102 Å². The summed E-state index contributed by atoms with van der Waals surface area (Å²) in [4.78, 5) is 37.2. The van der Waals surface area contributed by atoms with Crippen LogP contribution in [0, 0.1) is 0 Å². The Morgan fingerprint density at radius 3 is 2.30 bits per heavy atom. The largest absolute Gasteiger partial charge is 0.480 e. The smallest absolute Gasteiger partial charge is 0.321 e. The lowest BCUT2D eigenvalue weighted by atomic mass is 10.4. The van der Waals surface area contributed by atoms with Crippen molar-refractivity contribution in [1.29, 1.82) is 0 Å². The van der Waals surface area contributed by atoms with Gasteiger partial charge >= 0.3 is 12.0 Å². The van der Waals surface area contributed by atoms with Gasteiger partial charge in [-0.15, -0.1) is 0 Å². The van der Waals surface area contributed by atoms with Crippen molar-refractivity contribution in [3.63, 3.8) is 0 Å². The van der Waals surface area contributed by atoms with Gasteiger partial charge in [0.05, 0.1) is 13.1 Å². The molecule has 20 heavy (non-hydrogen) atoms. The summed E-state index contributed by atoms with van der Waals surface area (Å²) in [6, 6.07) is -0.341. The fourth-order valence-corrected chi connectivity index (χ4v) is 1.57. The molecule has 0 spiro atoms. The summed E-state index contributed by atoms with van der Waals surface area (Å²) in [5, 5.41) is 13.6. The van der Waals surface area contributed by atoms with Gasteiger partial charge in [0.25, 0.3) is 0 Å². The van der Waals surface area contributed by atoms with E-state index in [9.17, 15) is 14.4 Å². The number of likely N-dealkylation sites (N-methyl/N-ethyl adjacent to an activating group) is 1. The molecule has 1 rings (SSSR count). The molecule has 0 saturated heterocycles. The molecule has 114 valence electrons. The molecule has 1 fully saturated rings. The third kappa shape index (κ3) is 7.70. The first-order valence-corrected chi connectivity index (χ1v) is 6.56. The summed E-state index contributed by atoms with van der Waals surface area (Å²) >= 11 is 0. The maximum Gasteiger partial charge on any atom is 0.321 e. The third-order valence-electron chi connectivity index (χ3n) is 2.76. The van der Waals surface area contributed by atoms with Crippen LogP contribution in [0.4, 0.5) is 4.79 Å². The molecule has 1 saturated carbocycles. The number of rotatable bonds is 8. The highest BCUT2D eigenvalue weighted by molar-refractivity contribution is 5.95. The Morgan fingerprint density at radius 1 is 1.15 bits per heavy atom. The molecular weight excluding hydrogens is 264 g/mol. The maximum absolute atomic E-state index is 11.7. The number of hydrogen-bond acceptors (Lipinski definition) is 5. The monoisotopic (exact) mass is 286 g/mol. The average Bonchev–Trinajstić information content (AvgIpc) is 3.08. The summed E-state index contributed by atoms with van der Waals surface area (Å²) in [7, 11) is 3.73. The van der Waals surface area contributed by atoms with Crippen molar-refractivity contribution in [1.82, 2.24) is 20.4 Å². The zero-order valence-electron chi connectivity index (χ0n) is 11.9. The lowest BCUT2D eigenvalue weighted by Gasteiger charge is -2.21. The highest BCUT2D eigenvalue weighted by Gasteiger charge is 2.24. The molecule has 0 unspecified atom stereocenters. The van der Waals surface area contributed by atoms with Crippen LogP contribution < -0.4 is 10.6 Å². The van der Waals surface area contributed by atoms with E-state index in [0.717, 1.165) is 12.8 Å². The molecular formula is C12H22N4O4. The minimum Gasteiger partial charge on any atom is -0.480 e. The number of amides is 3. The molecule has 0 aromatic carbocycles. The molecule has 8 heteroatoms. The van der Waals surface area contributed by atoms with Crippen LogP contribution in [0.5, 0.6) is 0 Å². The highest BCUT2D eigenvalue weighted by atomic mass is 16.4. The second-order valence-electron chi connectivity index (χ2n) is 5.20. The normalized spacial score (nSPS) is 14.4. The molecule has 3 amide bonds. The molecule has 0 radical (unpaired) electrons. The number of aliphatic carboxylic acids is 1. The first-order valence-electron chi connectivity index (χ1n) is 6.56. The number of carboxylic acids is 1. The summed E-state index contributed by atoms with van der Waals surface area (Å²) in [6.45, 7) is 0.732. The third-order valence-corrected chi connectivity index (χ3v) is 2.76. The Labute approximate surface area is 118 Å². The van der Waals surface area contributed by atoms with E-state index >= 15 is 0 Å². The van der Waals surface area contributed by atoms with Crippen molar-refractivity contribution in [2.75, 3.05) is 40.3 Å². The molecule has 1 aliphatic carbocycles. The van der Waals surface area contributed by atoms with Crippen LogP contribution in [0.2, 0.25) is 0 Å². The lowest BCUT2D eigenvalue weighted by molar-refractivity contribution is -0.138. The molecule has 3 N–H and O–H groups in total. The van der Waals surface area contributed by atoms with Gasteiger partial charge in [0.1, 0.15) is 0 Å². The van der Waals surface area contributed by atoms with Crippen LogP contribution in [0.25, 0.3) is 0 Å².